The number of epoxide rings is 1. The second-order valence-corrected chi connectivity index (χ2v) is 15.8. The third-order valence-corrected chi connectivity index (χ3v) is 13.0. The van der Waals surface area contributed by atoms with Gasteiger partial charge in [-0.1, -0.05) is 105 Å². The van der Waals surface area contributed by atoms with Crippen LogP contribution in [0.4, 0.5) is 0 Å². The lowest BCUT2D eigenvalue weighted by Gasteiger charge is -2.64. The SMILES string of the molecule is CCCCCCCCCCCCCCCC(=O)OC1CC2(C)C(CCC34CC(CCC23)C2(C)OC42)C(C)(C)C1=O. The molecule has 1 heterocycles. The number of carbonyl (C=O) groups is 2. The molecular formula is C36H60O4. The van der Waals surface area contributed by atoms with Gasteiger partial charge >= 0.3 is 5.97 Å². The number of carbonyl (C=O) groups excluding carboxylic acids is 2. The quantitative estimate of drug-likeness (QED) is 0.115. The molecule has 4 saturated carbocycles. The van der Waals surface area contributed by atoms with Gasteiger partial charge in [0, 0.05) is 17.3 Å². The molecule has 1 saturated heterocycles. The largest absolute Gasteiger partial charge is 0.454 e. The highest BCUT2D eigenvalue weighted by molar-refractivity contribution is 5.91. The van der Waals surface area contributed by atoms with Crippen LogP contribution in [0.15, 0.2) is 0 Å². The van der Waals surface area contributed by atoms with E-state index in [0.717, 1.165) is 19.3 Å². The van der Waals surface area contributed by atoms with Crippen molar-refractivity contribution in [3.05, 3.63) is 0 Å². The van der Waals surface area contributed by atoms with Crippen molar-refractivity contribution in [2.24, 2.45) is 34.0 Å². The van der Waals surface area contributed by atoms with Crippen LogP contribution in [-0.4, -0.2) is 29.6 Å². The third kappa shape index (κ3) is 5.46. The maximum atomic E-state index is 13.7. The van der Waals surface area contributed by atoms with Crippen LogP contribution in [0.5, 0.6) is 0 Å². The summed E-state index contributed by atoms with van der Waals surface area (Å²) in [6.07, 6.45) is 23.9. The molecule has 5 aliphatic rings. The summed E-state index contributed by atoms with van der Waals surface area (Å²) in [6, 6.07) is 0. The molecule has 0 aromatic rings. The first-order chi connectivity index (χ1) is 19.1. The lowest BCUT2D eigenvalue weighted by atomic mass is 9.40. The van der Waals surface area contributed by atoms with Crippen LogP contribution in [0.2, 0.25) is 0 Å². The first kappa shape index (κ1) is 30.6. The normalized spacial score (nSPS) is 40.7. The molecule has 8 atom stereocenters. The Morgan fingerprint density at radius 1 is 0.800 bits per heavy atom. The summed E-state index contributed by atoms with van der Waals surface area (Å²) in [6.45, 7) is 11.4. The number of hydrogen-bond donors (Lipinski definition) is 0. The molecule has 5 fully saturated rings. The maximum absolute atomic E-state index is 13.7. The van der Waals surface area contributed by atoms with E-state index in [1.807, 2.05) is 0 Å². The Morgan fingerprint density at radius 2 is 1.40 bits per heavy atom. The molecule has 1 aliphatic heterocycles. The average molecular weight is 557 g/mol. The van der Waals surface area contributed by atoms with E-state index in [0.29, 0.717) is 36.7 Å². The Kier molecular flexibility index (Phi) is 9.17. The zero-order valence-corrected chi connectivity index (χ0v) is 26.7. The second-order valence-electron chi connectivity index (χ2n) is 15.8. The first-order valence-corrected chi connectivity index (χ1v) is 17.5. The van der Waals surface area contributed by atoms with E-state index in [1.165, 1.54) is 96.3 Å². The average Bonchev–Trinajstić information content (AvgIpc) is 3.59. The number of fused-ring (bicyclic) bond motifs is 5. The van der Waals surface area contributed by atoms with E-state index in [1.54, 1.807) is 0 Å². The van der Waals surface area contributed by atoms with E-state index >= 15 is 0 Å². The molecule has 4 heteroatoms. The fourth-order valence-corrected chi connectivity index (χ4v) is 10.9. The summed E-state index contributed by atoms with van der Waals surface area (Å²) in [7, 11) is 0. The van der Waals surface area contributed by atoms with Gasteiger partial charge in [0.1, 0.15) is 0 Å². The predicted octanol–water partition coefficient (Wildman–Crippen LogP) is 9.37. The Hall–Kier alpha value is -0.900. The zero-order valence-electron chi connectivity index (χ0n) is 26.7. The van der Waals surface area contributed by atoms with Crippen molar-refractivity contribution >= 4 is 11.8 Å². The van der Waals surface area contributed by atoms with Crippen LogP contribution < -0.4 is 0 Å². The Bertz CT molecular complexity index is 910. The minimum absolute atomic E-state index is 0.0261. The van der Waals surface area contributed by atoms with Gasteiger partial charge in [-0.2, -0.15) is 0 Å². The van der Waals surface area contributed by atoms with Crippen molar-refractivity contribution < 1.29 is 19.1 Å². The van der Waals surface area contributed by atoms with Gasteiger partial charge < -0.3 is 9.47 Å². The van der Waals surface area contributed by atoms with Crippen LogP contribution >= 0.6 is 0 Å². The smallest absolute Gasteiger partial charge is 0.306 e. The summed E-state index contributed by atoms with van der Waals surface area (Å²) in [5.74, 6) is 1.64. The third-order valence-electron chi connectivity index (χ3n) is 13.0. The lowest BCUT2D eigenvalue weighted by molar-refractivity contribution is -0.197. The van der Waals surface area contributed by atoms with E-state index in [9.17, 15) is 9.59 Å². The second kappa shape index (κ2) is 12.0. The molecule has 0 amide bonds. The Labute approximate surface area is 245 Å². The number of hydrogen-bond acceptors (Lipinski definition) is 4. The van der Waals surface area contributed by atoms with Gasteiger partial charge in [-0.25, -0.2) is 0 Å². The van der Waals surface area contributed by atoms with Gasteiger partial charge in [-0.3, -0.25) is 9.59 Å². The topological polar surface area (TPSA) is 55.9 Å². The van der Waals surface area contributed by atoms with Gasteiger partial charge in [0.05, 0.1) is 11.7 Å². The van der Waals surface area contributed by atoms with Crippen molar-refractivity contribution in [2.45, 2.75) is 181 Å². The van der Waals surface area contributed by atoms with Crippen molar-refractivity contribution in [2.75, 3.05) is 0 Å². The van der Waals surface area contributed by atoms with E-state index in [4.69, 9.17) is 9.47 Å². The molecule has 4 nitrogen and oxygen atoms in total. The summed E-state index contributed by atoms with van der Waals surface area (Å²) >= 11 is 0. The molecule has 0 radical (unpaired) electrons. The number of rotatable bonds is 15. The van der Waals surface area contributed by atoms with Crippen molar-refractivity contribution in [3.8, 4) is 0 Å². The van der Waals surface area contributed by atoms with Crippen molar-refractivity contribution in [3.63, 3.8) is 0 Å². The van der Waals surface area contributed by atoms with Crippen LogP contribution in [0.1, 0.15) is 163 Å². The minimum atomic E-state index is -0.577. The van der Waals surface area contributed by atoms with E-state index in [2.05, 4.69) is 34.6 Å². The summed E-state index contributed by atoms with van der Waals surface area (Å²) in [5, 5.41) is 0. The Morgan fingerprint density at radius 3 is 2.02 bits per heavy atom. The molecule has 0 N–H and O–H groups in total. The number of ether oxygens (including phenoxy) is 2. The molecule has 4 aliphatic carbocycles. The van der Waals surface area contributed by atoms with Crippen LogP contribution in [0, 0.1) is 34.0 Å². The molecule has 8 unspecified atom stereocenters. The van der Waals surface area contributed by atoms with Gasteiger partial charge in [0.15, 0.2) is 11.9 Å². The highest BCUT2D eigenvalue weighted by Gasteiger charge is 2.79. The molecule has 40 heavy (non-hydrogen) atoms. The maximum Gasteiger partial charge on any atom is 0.306 e. The summed E-state index contributed by atoms with van der Waals surface area (Å²) < 4.78 is 12.5. The molecule has 228 valence electrons. The number of esters is 1. The van der Waals surface area contributed by atoms with E-state index in [-0.39, 0.29) is 28.2 Å². The molecule has 1 spiro atoms. The van der Waals surface area contributed by atoms with Gasteiger partial charge in [0.2, 0.25) is 0 Å². The lowest BCUT2D eigenvalue weighted by Crippen LogP contribution is -2.63. The van der Waals surface area contributed by atoms with Crippen LogP contribution in [0.3, 0.4) is 0 Å². The highest BCUT2D eigenvalue weighted by atomic mass is 16.6. The van der Waals surface area contributed by atoms with E-state index < -0.39 is 11.5 Å². The van der Waals surface area contributed by atoms with Gasteiger partial charge in [-0.15, -0.1) is 0 Å². The molecular weight excluding hydrogens is 496 g/mol. The van der Waals surface area contributed by atoms with Crippen LogP contribution in [-0.2, 0) is 19.1 Å². The molecule has 2 bridgehead atoms. The minimum Gasteiger partial charge on any atom is -0.454 e. The standard InChI is InChI=1S/C36H60O4/c1-6-7-8-9-10-11-12-13-14-15-16-17-18-19-30(37)39-27-25-34(4)28(33(2,3)31(27)38)22-23-36-24-26(20-21-29(34)36)35(5)32(36)40-35/h26-29,32H,6-25H2,1-5H3. The molecule has 0 aromatic heterocycles. The van der Waals surface area contributed by atoms with Gasteiger partial charge in [0.25, 0.3) is 0 Å². The molecule has 0 aromatic carbocycles. The monoisotopic (exact) mass is 556 g/mol. The zero-order chi connectivity index (χ0) is 28.6. The summed E-state index contributed by atoms with van der Waals surface area (Å²) in [5.41, 5.74) is -0.0310. The van der Waals surface area contributed by atoms with Crippen LogP contribution in [0.25, 0.3) is 0 Å². The number of Topliss-reactive ketones (excluding diaryl/α,β-unsaturated/α-hetero) is 1. The highest BCUT2D eigenvalue weighted by Crippen LogP contribution is 2.77. The summed E-state index contributed by atoms with van der Waals surface area (Å²) in [4.78, 5) is 26.7. The molecule has 5 rings (SSSR count). The predicted molar refractivity (Wildman–Crippen MR) is 161 cm³/mol. The fraction of sp³-hybridized carbons (Fsp3) is 0.944. The fourth-order valence-electron chi connectivity index (χ4n) is 10.9. The van der Waals surface area contributed by atoms with Crippen molar-refractivity contribution in [1.82, 2.24) is 0 Å². The number of unbranched alkanes of at least 4 members (excludes halogenated alkanes) is 12. The van der Waals surface area contributed by atoms with Crippen molar-refractivity contribution in [1.29, 1.82) is 0 Å². The Balaban J connectivity index is 1.06. The first-order valence-electron chi connectivity index (χ1n) is 17.5. The number of ketones is 1. The van der Waals surface area contributed by atoms with Gasteiger partial charge in [-0.05, 0) is 75.0 Å².